The zero-order valence-corrected chi connectivity index (χ0v) is 20.1. The van der Waals surface area contributed by atoms with E-state index in [1.165, 1.54) is 6.07 Å². The summed E-state index contributed by atoms with van der Waals surface area (Å²) in [6, 6.07) is 19.4. The summed E-state index contributed by atoms with van der Waals surface area (Å²) in [7, 11) is -4.03. The third kappa shape index (κ3) is 4.47. The number of likely N-dealkylation sites (tertiary alicyclic amines) is 1. The van der Waals surface area contributed by atoms with Crippen molar-refractivity contribution in [2.75, 3.05) is 6.54 Å². The number of aromatic amines is 1. The van der Waals surface area contributed by atoms with Gasteiger partial charge in [-0.15, -0.1) is 0 Å². The second-order valence-electron chi connectivity index (χ2n) is 8.99. The van der Waals surface area contributed by atoms with Gasteiger partial charge in [0.25, 0.3) is 0 Å². The monoisotopic (exact) mass is 487 g/mol. The number of aromatic nitrogens is 1. The highest BCUT2D eigenvalue weighted by Gasteiger charge is 2.31. The molecule has 0 aliphatic carbocycles. The van der Waals surface area contributed by atoms with Gasteiger partial charge >= 0.3 is 10.1 Å². The van der Waals surface area contributed by atoms with E-state index >= 15 is 0 Å². The summed E-state index contributed by atoms with van der Waals surface area (Å²) in [5, 5.41) is 11.9. The lowest BCUT2D eigenvalue weighted by molar-refractivity contribution is -0.134. The summed E-state index contributed by atoms with van der Waals surface area (Å²) < 4.78 is 31.4. The first-order chi connectivity index (χ1) is 16.9. The Morgan fingerprint density at radius 2 is 1.97 bits per heavy atom. The molecule has 7 nitrogen and oxygen atoms in total. The van der Waals surface area contributed by atoms with E-state index in [2.05, 4.69) is 11.1 Å². The maximum Gasteiger partial charge on any atom is 0.339 e. The molecule has 1 aliphatic heterocycles. The molecule has 2 atom stereocenters. The van der Waals surface area contributed by atoms with Gasteiger partial charge in [-0.3, -0.25) is 4.79 Å². The van der Waals surface area contributed by atoms with Crippen molar-refractivity contribution < 1.29 is 17.4 Å². The van der Waals surface area contributed by atoms with Crippen molar-refractivity contribution in [3.8, 4) is 11.8 Å². The lowest BCUT2D eigenvalue weighted by atomic mass is 9.99. The van der Waals surface area contributed by atoms with Gasteiger partial charge < -0.3 is 14.1 Å². The van der Waals surface area contributed by atoms with Crippen LogP contribution in [0, 0.1) is 17.2 Å². The number of hydrogen-bond donors (Lipinski definition) is 1. The molecule has 1 aliphatic rings. The van der Waals surface area contributed by atoms with Gasteiger partial charge in [0, 0.05) is 29.6 Å². The predicted octanol–water partition coefficient (Wildman–Crippen LogP) is 4.78. The number of nitriles is 1. The molecular formula is C27H25N3O4S. The molecule has 35 heavy (non-hydrogen) atoms. The number of benzene rings is 3. The van der Waals surface area contributed by atoms with Crippen LogP contribution in [0.5, 0.6) is 5.75 Å². The molecule has 0 unspecified atom stereocenters. The number of nitrogens with zero attached hydrogens (tertiary/aromatic N) is 2. The predicted molar refractivity (Wildman–Crippen MR) is 133 cm³/mol. The number of fused-ring (bicyclic) bond motifs is 2. The van der Waals surface area contributed by atoms with Crippen molar-refractivity contribution in [1.82, 2.24) is 9.88 Å². The molecule has 1 amide bonds. The van der Waals surface area contributed by atoms with Crippen LogP contribution in [0.1, 0.15) is 25.3 Å². The Morgan fingerprint density at radius 3 is 2.77 bits per heavy atom. The molecule has 1 fully saturated rings. The summed E-state index contributed by atoms with van der Waals surface area (Å²) in [6.45, 7) is 2.47. The van der Waals surface area contributed by atoms with Crippen LogP contribution >= 0.6 is 0 Å². The van der Waals surface area contributed by atoms with Gasteiger partial charge in [0.05, 0.1) is 6.07 Å². The molecule has 0 radical (unpaired) electrons. The molecule has 1 saturated heterocycles. The number of nitrogens with one attached hydrogen (secondary N) is 1. The Bertz CT molecular complexity index is 1570. The minimum atomic E-state index is -4.03. The molecule has 0 bridgehead atoms. The van der Waals surface area contributed by atoms with Gasteiger partial charge in [0.15, 0.2) is 0 Å². The standard InChI is InChI=1S/C27H25N3O4S/c1-18(27(31)30-12-4-7-22(30)16-28)13-21-17-29-26-11-9-23(15-25(21)26)34-35(32,33)24-10-8-19-5-2-3-6-20(19)14-24/h2-3,5-6,8-11,14-15,17-18,22,29H,4,7,12-13H2,1H3/t18-,22-/m0/s1. The van der Waals surface area contributed by atoms with E-state index in [0.717, 1.165) is 33.7 Å². The van der Waals surface area contributed by atoms with Crippen molar-refractivity contribution in [3.05, 3.63) is 72.4 Å². The van der Waals surface area contributed by atoms with Gasteiger partial charge in [-0.05, 0) is 65.9 Å². The first-order valence-corrected chi connectivity index (χ1v) is 13.0. The maximum absolute atomic E-state index is 13.0. The number of hydrogen-bond acceptors (Lipinski definition) is 5. The van der Waals surface area contributed by atoms with Crippen LogP contribution in [0.4, 0.5) is 0 Å². The first kappa shape index (κ1) is 22.9. The molecule has 2 heterocycles. The fourth-order valence-corrected chi connectivity index (χ4v) is 5.70. The Hall–Kier alpha value is -3.83. The van der Waals surface area contributed by atoms with Gasteiger partial charge in [0.1, 0.15) is 16.7 Å². The van der Waals surface area contributed by atoms with Crippen molar-refractivity contribution in [3.63, 3.8) is 0 Å². The zero-order chi connectivity index (χ0) is 24.6. The number of amides is 1. The van der Waals surface area contributed by atoms with Crippen LogP contribution in [-0.2, 0) is 21.3 Å². The minimum Gasteiger partial charge on any atom is -0.379 e. The van der Waals surface area contributed by atoms with Crippen molar-refractivity contribution in [2.45, 2.75) is 37.1 Å². The molecule has 0 spiro atoms. The summed E-state index contributed by atoms with van der Waals surface area (Å²) in [5.41, 5.74) is 1.72. The number of carbonyl (C=O) groups is 1. The summed E-state index contributed by atoms with van der Waals surface area (Å²) in [4.78, 5) is 17.9. The van der Waals surface area contributed by atoms with Gasteiger partial charge in [0.2, 0.25) is 5.91 Å². The number of rotatable bonds is 6. The lowest BCUT2D eigenvalue weighted by Gasteiger charge is -2.23. The summed E-state index contributed by atoms with van der Waals surface area (Å²) in [6.07, 6.45) is 3.86. The average molecular weight is 488 g/mol. The van der Waals surface area contributed by atoms with Crippen LogP contribution in [0.2, 0.25) is 0 Å². The molecule has 1 N–H and O–H groups in total. The number of H-pyrrole nitrogens is 1. The number of carbonyl (C=O) groups excluding carboxylic acids is 1. The van der Waals surface area contributed by atoms with E-state index in [1.54, 1.807) is 35.2 Å². The van der Waals surface area contributed by atoms with Crippen LogP contribution in [0.25, 0.3) is 21.7 Å². The van der Waals surface area contributed by atoms with E-state index in [0.29, 0.717) is 19.4 Å². The topological polar surface area (TPSA) is 103 Å². The van der Waals surface area contributed by atoms with Crippen LogP contribution in [0.15, 0.2) is 71.8 Å². The molecule has 8 heteroatoms. The molecule has 0 saturated carbocycles. The highest BCUT2D eigenvalue weighted by Crippen LogP contribution is 2.29. The first-order valence-electron chi connectivity index (χ1n) is 11.6. The fraction of sp³-hybridized carbons (Fsp3) is 0.259. The molecular weight excluding hydrogens is 462 g/mol. The van der Waals surface area contributed by atoms with E-state index < -0.39 is 10.1 Å². The molecule has 4 aromatic rings. The maximum atomic E-state index is 13.0. The molecule has 3 aromatic carbocycles. The molecule has 1 aromatic heterocycles. The second-order valence-corrected chi connectivity index (χ2v) is 10.5. The van der Waals surface area contributed by atoms with Crippen LogP contribution in [0.3, 0.4) is 0 Å². The Kier molecular flexibility index (Phi) is 5.95. The highest BCUT2D eigenvalue weighted by molar-refractivity contribution is 7.87. The quantitative estimate of drug-likeness (QED) is 0.394. The largest absolute Gasteiger partial charge is 0.379 e. The Balaban J connectivity index is 1.37. The van der Waals surface area contributed by atoms with Gasteiger partial charge in [-0.1, -0.05) is 37.3 Å². The normalized spacial score (nSPS) is 16.9. The Labute approximate surface area is 204 Å². The third-order valence-electron chi connectivity index (χ3n) is 6.59. The van der Waals surface area contributed by atoms with E-state index in [4.69, 9.17) is 4.18 Å². The van der Waals surface area contributed by atoms with Crippen molar-refractivity contribution in [2.24, 2.45) is 5.92 Å². The summed E-state index contributed by atoms with van der Waals surface area (Å²) in [5.74, 6) is -0.141. The SMILES string of the molecule is C[C@@H](Cc1c[nH]c2ccc(OS(=O)(=O)c3ccc4ccccc4c3)cc12)C(=O)N1CCC[C@H]1C#N. The lowest BCUT2D eigenvalue weighted by Crippen LogP contribution is -2.38. The van der Waals surface area contributed by atoms with E-state index in [9.17, 15) is 18.5 Å². The average Bonchev–Trinajstić information content (AvgIpc) is 3.50. The minimum absolute atomic E-state index is 0.0327. The molecule has 178 valence electrons. The summed E-state index contributed by atoms with van der Waals surface area (Å²) >= 11 is 0. The van der Waals surface area contributed by atoms with E-state index in [1.807, 2.05) is 37.4 Å². The zero-order valence-electron chi connectivity index (χ0n) is 19.3. The smallest absolute Gasteiger partial charge is 0.339 e. The Morgan fingerprint density at radius 1 is 1.17 bits per heavy atom. The van der Waals surface area contributed by atoms with Crippen LogP contribution < -0.4 is 4.18 Å². The van der Waals surface area contributed by atoms with Crippen LogP contribution in [-0.4, -0.2) is 36.8 Å². The van der Waals surface area contributed by atoms with Gasteiger partial charge in [-0.2, -0.15) is 13.7 Å². The van der Waals surface area contributed by atoms with Crippen molar-refractivity contribution in [1.29, 1.82) is 5.26 Å². The van der Waals surface area contributed by atoms with Gasteiger partial charge in [-0.25, -0.2) is 0 Å². The fourth-order valence-electron chi connectivity index (χ4n) is 4.74. The highest BCUT2D eigenvalue weighted by atomic mass is 32.2. The van der Waals surface area contributed by atoms with Crippen molar-refractivity contribution >= 4 is 37.7 Å². The molecule has 5 rings (SSSR count). The third-order valence-corrected chi connectivity index (χ3v) is 7.83. The second kappa shape index (κ2) is 9.08. The van der Waals surface area contributed by atoms with E-state index in [-0.39, 0.29) is 28.5 Å².